The molecule has 0 bridgehead atoms. The Balaban J connectivity index is 1.69. The molecule has 6 nitrogen and oxygen atoms in total. The Morgan fingerprint density at radius 3 is 2.35 bits per heavy atom. The van der Waals surface area contributed by atoms with Crippen molar-refractivity contribution in [3.63, 3.8) is 0 Å². The molecule has 0 spiro atoms. The number of aryl methyl sites for hydroxylation is 1. The van der Waals surface area contributed by atoms with E-state index in [1.54, 1.807) is 37.4 Å². The summed E-state index contributed by atoms with van der Waals surface area (Å²) in [5.74, 6) is 0.871. The third kappa shape index (κ3) is 6.02. The largest absolute Gasteiger partial charge is 0.497 e. The summed E-state index contributed by atoms with van der Waals surface area (Å²) in [7, 11) is 3.09. The van der Waals surface area contributed by atoms with E-state index in [2.05, 4.69) is 10.6 Å². The van der Waals surface area contributed by atoms with E-state index in [0.29, 0.717) is 27.6 Å². The van der Waals surface area contributed by atoms with Crippen LogP contribution in [-0.2, 0) is 4.79 Å². The van der Waals surface area contributed by atoms with Crippen LogP contribution in [-0.4, -0.2) is 31.8 Å². The lowest BCUT2D eigenvalue weighted by molar-refractivity contribution is -0.113. The van der Waals surface area contributed by atoms with Crippen LogP contribution in [0.3, 0.4) is 0 Å². The number of hydrogen-bond acceptors (Lipinski definition) is 5. The number of hydrogen-bond donors (Lipinski definition) is 2. The summed E-state index contributed by atoms with van der Waals surface area (Å²) in [6.07, 6.45) is 0. The van der Waals surface area contributed by atoms with Crippen LogP contribution in [0.2, 0.25) is 0 Å². The number of ether oxygens (including phenoxy) is 2. The average Bonchev–Trinajstić information content (AvgIpc) is 2.79. The summed E-state index contributed by atoms with van der Waals surface area (Å²) in [5, 5.41) is 5.73. The van der Waals surface area contributed by atoms with E-state index in [1.165, 1.54) is 18.9 Å². The molecule has 0 atom stereocenters. The van der Waals surface area contributed by atoms with Gasteiger partial charge in [0.2, 0.25) is 5.91 Å². The molecule has 0 heterocycles. The normalized spacial score (nSPS) is 10.3. The number of amides is 2. The first-order valence-electron chi connectivity index (χ1n) is 9.62. The van der Waals surface area contributed by atoms with Crippen LogP contribution < -0.4 is 20.1 Å². The number of rotatable bonds is 8. The molecule has 3 aromatic carbocycles. The molecule has 3 rings (SSSR count). The van der Waals surface area contributed by atoms with Gasteiger partial charge in [-0.2, -0.15) is 0 Å². The van der Waals surface area contributed by atoms with Crippen LogP contribution in [0.5, 0.6) is 11.5 Å². The smallest absolute Gasteiger partial charge is 0.256 e. The molecule has 31 heavy (non-hydrogen) atoms. The fraction of sp³-hybridized carbons (Fsp3) is 0.167. The maximum atomic E-state index is 12.9. The van der Waals surface area contributed by atoms with Crippen LogP contribution in [0.15, 0.2) is 71.6 Å². The molecule has 0 unspecified atom stereocenters. The molecule has 0 aliphatic heterocycles. The molecule has 0 aliphatic rings. The third-order valence-electron chi connectivity index (χ3n) is 4.48. The third-order valence-corrected chi connectivity index (χ3v) is 5.55. The van der Waals surface area contributed by atoms with Crippen LogP contribution in [0.1, 0.15) is 15.9 Å². The highest BCUT2D eigenvalue weighted by molar-refractivity contribution is 8.00. The van der Waals surface area contributed by atoms with E-state index in [0.717, 1.165) is 11.3 Å². The molecule has 0 aromatic heterocycles. The summed E-state index contributed by atoms with van der Waals surface area (Å²) >= 11 is 1.31. The second kappa shape index (κ2) is 10.5. The topological polar surface area (TPSA) is 76.7 Å². The van der Waals surface area contributed by atoms with E-state index >= 15 is 0 Å². The zero-order valence-corrected chi connectivity index (χ0v) is 18.4. The van der Waals surface area contributed by atoms with Crippen molar-refractivity contribution in [1.82, 2.24) is 0 Å². The molecule has 3 aromatic rings. The minimum atomic E-state index is -0.298. The van der Waals surface area contributed by atoms with Crippen molar-refractivity contribution in [2.45, 2.75) is 11.8 Å². The lowest BCUT2D eigenvalue weighted by Gasteiger charge is -2.13. The van der Waals surface area contributed by atoms with E-state index in [-0.39, 0.29) is 17.6 Å². The van der Waals surface area contributed by atoms with Crippen LogP contribution in [0, 0.1) is 6.92 Å². The highest BCUT2D eigenvalue weighted by atomic mass is 32.2. The molecule has 0 radical (unpaired) electrons. The minimum absolute atomic E-state index is 0.140. The predicted octanol–water partition coefficient (Wildman–Crippen LogP) is 5.00. The average molecular weight is 437 g/mol. The first-order chi connectivity index (χ1) is 15.0. The maximum absolute atomic E-state index is 12.9. The van der Waals surface area contributed by atoms with Crippen LogP contribution in [0.25, 0.3) is 0 Å². The number of anilines is 2. The lowest BCUT2D eigenvalue weighted by atomic mass is 10.2. The fourth-order valence-corrected chi connectivity index (χ4v) is 3.71. The molecule has 160 valence electrons. The number of thioether (sulfide) groups is 1. The molecule has 0 saturated heterocycles. The number of carbonyl (C=O) groups is 2. The van der Waals surface area contributed by atoms with E-state index < -0.39 is 0 Å². The highest BCUT2D eigenvalue weighted by Crippen LogP contribution is 2.30. The SMILES string of the molecule is COc1ccc(OC)c(NC(=O)c2ccccc2SCC(=O)Nc2ccc(C)cc2)c1. The van der Waals surface area contributed by atoms with Gasteiger partial charge >= 0.3 is 0 Å². The zero-order chi connectivity index (χ0) is 22.2. The maximum Gasteiger partial charge on any atom is 0.256 e. The Labute approximate surface area is 186 Å². The molecular formula is C24H24N2O4S. The summed E-state index contributed by atoms with van der Waals surface area (Å²) in [4.78, 5) is 26.0. The van der Waals surface area contributed by atoms with Crippen molar-refractivity contribution in [2.75, 3.05) is 30.6 Å². The van der Waals surface area contributed by atoms with E-state index in [4.69, 9.17) is 9.47 Å². The summed E-state index contributed by atoms with van der Waals surface area (Å²) < 4.78 is 10.6. The van der Waals surface area contributed by atoms with Gasteiger partial charge in [-0.25, -0.2) is 0 Å². The molecule has 7 heteroatoms. The van der Waals surface area contributed by atoms with Crippen molar-refractivity contribution in [3.8, 4) is 11.5 Å². The number of methoxy groups -OCH3 is 2. The number of benzene rings is 3. The van der Waals surface area contributed by atoms with Crippen LogP contribution in [0.4, 0.5) is 11.4 Å². The Morgan fingerprint density at radius 2 is 1.65 bits per heavy atom. The zero-order valence-electron chi connectivity index (χ0n) is 17.6. The van der Waals surface area contributed by atoms with Crippen molar-refractivity contribution in [3.05, 3.63) is 77.9 Å². The van der Waals surface area contributed by atoms with Gasteiger partial charge in [0.05, 0.1) is 31.2 Å². The minimum Gasteiger partial charge on any atom is -0.497 e. The summed E-state index contributed by atoms with van der Waals surface area (Å²) in [5.41, 5.74) is 2.84. The Morgan fingerprint density at radius 1 is 0.903 bits per heavy atom. The first-order valence-corrected chi connectivity index (χ1v) is 10.6. The van der Waals surface area contributed by atoms with Gasteiger partial charge in [-0.15, -0.1) is 11.8 Å². The fourth-order valence-electron chi connectivity index (χ4n) is 2.86. The predicted molar refractivity (Wildman–Crippen MR) is 124 cm³/mol. The Kier molecular flexibility index (Phi) is 7.56. The molecule has 2 amide bonds. The van der Waals surface area contributed by atoms with Crippen molar-refractivity contribution in [1.29, 1.82) is 0 Å². The van der Waals surface area contributed by atoms with Crippen molar-refractivity contribution in [2.24, 2.45) is 0 Å². The van der Waals surface area contributed by atoms with Crippen LogP contribution >= 0.6 is 11.8 Å². The van der Waals surface area contributed by atoms with E-state index in [9.17, 15) is 9.59 Å². The second-order valence-electron chi connectivity index (χ2n) is 6.72. The van der Waals surface area contributed by atoms with Gasteiger partial charge in [0.25, 0.3) is 5.91 Å². The van der Waals surface area contributed by atoms with Crippen molar-refractivity contribution >= 4 is 35.0 Å². The molecular weight excluding hydrogens is 412 g/mol. The summed E-state index contributed by atoms with van der Waals surface area (Å²) in [6, 6.07) is 19.9. The molecule has 2 N–H and O–H groups in total. The molecule has 0 fully saturated rings. The van der Waals surface area contributed by atoms with Gasteiger partial charge in [0.15, 0.2) is 0 Å². The quantitative estimate of drug-likeness (QED) is 0.486. The highest BCUT2D eigenvalue weighted by Gasteiger charge is 2.15. The number of carbonyl (C=O) groups excluding carboxylic acids is 2. The molecule has 0 aliphatic carbocycles. The Bertz CT molecular complexity index is 1070. The summed E-state index contributed by atoms with van der Waals surface area (Å²) in [6.45, 7) is 1.99. The van der Waals surface area contributed by atoms with Gasteiger partial charge in [-0.1, -0.05) is 29.8 Å². The van der Waals surface area contributed by atoms with Gasteiger partial charge < -0.3 is 20.1 Å². The van der Waals surface area contributed by atoms with Gasteiger partial charge in [-0.05, 0) is 43.3 Å². The van der Waals surface area contributed by atoms with Gasteiger partial charge in [-0.3, -0.25) is 9.59 Å². The van der Waals surface area contributed by atoms with E-state index in [1.807, 2.05) is 43.3 Å². The lowest BCUT2D eigenvalue weighted by Crippen LogP contribution is -2.16. The number of nitrogens with one attached hydrogen (secondary N) is 2. The second-order valence-corrected chi connectivity index (χ2v) is 7.74. The molecule has 0 saturated carbocycles. The van der Waals surface area contributed by atoms with Crippen molar-refractivity contribution < 1.29 is 19.1 Å². The Hall–Kier alpha value is -3.45. The van der Waals surface area contributed by atoms with Gasteiger partial charge in [0.1, 0.15) is 11.5 Å². The standard InChI is InChI=1S/C24H24N2O4S/c1-16-8-10-17(11-9-16)25-23(27)15-31-22-7-5-4-6-19(22)24(28)26-20-14-18(29-2)12-13-21(20)30-3/h4-14H,15H2,1-3H3,(H,25,27)(H,26,28). The first kappa shape index (κ1) is 22.2. The van der Waals surface area contributed by atoms with Gasteiger partial charge in [0, 0.05) is 16.6 Å². The monoisotopic (exact) mass is 436 g/mol.